The molecule has 0 unspecified atom stereocenters. The number of nitrogens with one attached hydrogen (secondary N) is 4. The Morgan fingerprint density at radius 3 is 1.17 bits per heavy atom. The molecule has 0 aliphatic carbocycles. The highest BCUT2D eigenvalue weighted by atomic mass is 28.2. The summed E-state index contributed by atoms with van der Waals surface area (Å²) in [5, 5.41) is 11.6. The molecule has 1 aliphatic heterocycles. The van der Waals surface area contributed by atoms with E-state index in [0.29, 0.717) is 19.7 Å². The molecule has 1 fully saturated rings. The fourth-order valence-corrected chi connectivity index (χ4v) is 1.31. The molecule has 6 heteroatoms. The summed E-state index contributed by atoms with van der Waals surface area (Å²) in [4.78, 5) is 0. The predicted molar refractivity (Wildman–Crippen MR) is 24.1 cm³/mol. The monoisotopic (exact) mass is 116 g/mol. The standard InChI is InChI=1S/H4N4Si2/c1-2-6-4-3-5-1/h1-4H. The van der Waals surface area contributed by atoms with Crippen molar-refractivity contribution in [2.24, 2.45) is 0 Å². The third-order valence-corrected chi connectivity index (χ3v) is 1.88. The highest BCUT2D eigenvalue weighted by Crippen LogP contribution is 1.41. The summed E-state index contributed by atoms with van der Waals surface area (Å²) in [6.45, 7) is 0. The first kappa shape index (κ1) is 4.43. The minimum atomic E-state index is 0.586. The van der Waals surface area contributed by atoms with E-state index in [9.17, 15) is 0 Å². The van der Waals surface area contributed by atoms with Crippen molar-refractivity contribution in [2.45, 2.75) is 0 Å². The van der Waals surface area contributed by atoms with E-state index < -0.39 is 0 Å². The van der Waals surface area contributed by atoms with Crippen LogP contribution in [0, 0.1) is 0 Å². The maximum Gasteiger partial charge on any atom is 0.274 e. The zero-order valence-corrected chi connectivity index (χ0v) is 5.00. The van der Waals surface area contributed by atoms with E-state index in [4.69, 9.17) is 0 Å². The molecule has 0 atom stereocenters. The van der Waals surface area contributed by atoms with Gasteiger partial charge in [0.2, 0.25) is 0 Å². The molecule has 0 amide bonds. The van der Waals surface area contributed by atoms with Crippen LogP contribution in [0.15, 0.2) is 0 Å². The van der Waals surface area contributed by atoms with Crippen molar-refractivity contribution >= 4 is 19.7 Å². The van der Waals surface area contributed by atoms with Crippen LogP contribution in [0.25, 0.3) is 0 Å². The summed E-state index contributed by atoms with van der Waals surface area (Å²) < 4.78 is 0. The molecule has 0 aromatic heterocycles. The van der Waals surface area contributed by atoms with Crippen molar-refractivity contribution in [1.82, 2.24) is 20.4 Å². The SMILES string of the molecule is N1N[Si]NN[Si]1. The molecule has 0 spiro atoms. The Labute approximate surface area is 41.0 Å². The van der Waals surface area contributed by atoms with Crippen LogP contribution in [0.1, 0.15) is 0 Å². The van der Waals surface area contributed by atoms with Crippen LogP contribution >= 0.6 is 0 Å². The second kappa shape index (κ2) is 2.45. The maximum absolute atomic E-state index is 2.90. The molecule has 0 aromatic carbocycles. The highest BCUT2D eigenvalue weighted by molar-refractivity contribution is 6.38. The first-order valence-electron chi connectivity index (χ1n) is 1.50. The van der Waals surface area contributed by atoms with E-state index in [-0.39, 0.29) is 0 Å². The van der Waals surface area contributed by atoms with Crippen molar-refractivity contribution in [3.05, 3.63) is 0 Å². The second-order valence-corrected chi connectivity index (χ2v) is 2.25. The van der Waals surface area contributed by atoms with Gasteiger partial charge in [0.05, 0.1) is 0 Å². The van der Waals surface area contributed by atoms with Crippen LogP contribution in [-0.2, 0) is 0 Å². The average molecular weight is 116 g/mol. The van der Waals surface area contributed by atoms with Crippen molar-refractivity contribution < 1.29 is 0 Å². The summed E-state index contributed by atoms with van der Waals surface area (Å²) in [6.07, 6.45) is 0. The quantitative estimate of drug-likeness (QED) is 0.259. The molecule has 0 bridgehead atoms. The van der Waals surface area contributed by atoms with Crippen molar-refractivity contribution in [2.75, 3.05) is 0 Å². The van der Waals surface area contributed by atoms with Gasteiger partial charge in [-0.25, -0.2) is 0 Å². The Morgan fingerprint density at radius 1 is 0.667 bits per heavy atom. The molecule has 1 aliphatic rings. The summed E-state index contributed by atoms with van der Waals surface area (Å²) >= 11 is 0. The Kier molecular flexibility index (Phi) is 1.81. The third kappa shape index (κ3) is 1.16. The summed E-state index contributed by atoms with van der Waals surface area (Å²) in [7, 11) is 1.17. The molecule has 1 heterocycles. The lowest BCUT2D eigenvalue weighted by Gasteiger charge is -2.11. The minimum Gasteiger partial charge on any atom is -0.269 e. The molecule has 32 valence electrons. The van der Waals surface area contributed by atoms with Gasteiger partial charge in [-0.1, -0.05) is 0 Å². The lowest BCUT2D eigenvalue weighted by atomic mass is 12.9. The maximum atomic E-state index is 2.90. The zero-order chi connectivity index (χ0) is 4.24. The van der Waals surface area contributed by atoms with Crippen LogP contribution in [0.4, 0.5) is 0 Å². The van der Waals surface area contributed by atoms with Gasteiger partial charge in [-0.2, -0.15) is 0 Å². The molecule has 1 saturated heterocycles. The van der Waals surface area contributed by atoms with E-state index in [1.54, 1.807) is 0 Å². The molecule has 4 radical (unpaired) electrons. The van der Waals surface area contributed by atoms with Crippen molar-refractivity contribution in [3.63, 3.8) is 0 Å². The minimum absolute atomic E-state index is 0.586. The largest absolute Gasteiger partial charge is 0.274 e. The van der Waals surface area contributed by atoms with E-state index in [2.05, 4.69) is 20.4 Å². The van der Waals surface area contributed by atoms with E-state index in [1.807, 2.05) is 0 Å². The van der Waals surface area contributed by atoms with Gasteiger partial charge in [0.15, 0.2) is 0 Å². The van der Waals surface area contributed by atoms with Crippen LogP contribution < -0.4 is 20.4 Å². The fourth-order valence-electron chi connectivity index (χ4n) is 0.188. The summed E-state index contributed by atoms with van der Waals surface area (Å²) in [5.74, 6) is 0. The normalized spacial score (nSPS) is 24.0. The summed E-state index contributed by atoms with van der Waals surface area (Å²) in [5.41, 5.74) is 0. The second-order valence-electron chi connectivity index (χ2n) is 0.750. The van der Waals surface area contributed by atoms with Gasteiger partial charge in [0.1, 0.15) is 0 Å². The molecular weight excluding hydrogens is 112 g/mol. The number of hydrogen-bond donors (Lipinski definition) is 4. The van der Waals surface area contributed by atoms with E-state index in [0.717, 1.165) is 0 Å². The molecule has 0 aromatic rings. The van der Waals surface area contributed by atoms with Crippen molar-refractivity contribution in [3.8, 4) is 0 Å². The number of rotatable bonds is 0. The Balaban J connectivity index is 2.00. The molecule has 1 rings (SSSR count). The number of hydrazine groups is 2. The smallest absolute Gasteiger partial charge is 0.269 e. The van der Waals surface area contributed by atoms with Gasteiger partial charge < -0.3 is 0 Å². The van der Waals surface area contributed by atoms with E-state index in [1.165, 1.54) is 0 Å². The van der Waals surface area contributed by atoms with Crippen LogP contribution in [-0.4, -0.2) is 19.7 Å². The Hall–Kier alpha value is 0.274. The predicted octanol–water partition coefficient (Wildman–Crippen LogP) is -2.74. The lowest BCUT2D eigenvalue weighted by Crippen LogP contribution is -2.61. The highest BCUT2D eigenvalue weighted by Gasteiger charge is 1.94. The van der Waals surface area contributed by atoms with Gasteiger partial charge in [-0.3, -0.25) is 20.4 Å². The molecular formula is H4N4Si2. The van der Waals surface area contributed by atoms with Crippen LogP contribution in [0.3, 0.4) is 0 Å². The van der Waals surface area contributed by atoms with Gasteiger partial charge in [-0.05, 0) is 0 Å². The molecule has 4 nitrogen and oxygen atoms in total. The van der Waals surface area contributed by atoms with Gasteiger partial charge in [-0.15, -0.1) is 0 Å². The fraction of sp³-hybridized carbons (Fsp3) is 0. The topological polar surface area (TPSA) is 48.1 Å². The van der Waals surface area contributed by atoms with Crippen molar-refractivity contribution in [1.29, 1.82) is 0 Å². The van der Waals surface area contributed by atoms with Gasteiger partial charge >= 0.3 is 0 Å². The van der Waals surface area contributed by atoms with Gasteiger partial charge in [0.25, 0.3) is 19.7 Å². The van der Waals surface area contributed by atoms with Crippen LogP contribution in [0.5, 0.6) is 0 Å². The third-order valence-electron chi connectivity index (χ3n) is 0.375. The molecule has 0 saturated carbocycles. The number of hydrogen-bond acceptors (Lipinski definition) is 4. The van der Waals surface area contributed by atoms with E-state index >= 15 is 0 Å². The molecule has 6 heavy (non-hydrogen) atoms. The Bertz CT molecular complexity index is 21.0. The first-order chi connectivity index (χ1) is 3.00. The summed E-state index contributed by atoms with van der Waals surface area (Å²) in [6, 6.07) is 0. The van der Waals surface area contributed by atoms with Gasteiger partial charge in [0, 0.05) is 0 Å². The lowest BCUT2D eigenvalue weighted by molar-refractivity contribution is 0.772. The Morgan fingerprint density at radius 2 is 1.00 bits per heavy atom. The average Bonchev–Trinajstić information content (AvgIpc) is 1.72. The zero-order valence-electron chi connectivity index (χ0n) is 3.00. The molecule has 4 N–H and O–H groups in total. The first-order valence-corrected chi connectivity index (χ1v) is 3.50. The van der Waals surface area contributed by atoms with Crippen LogP contribution in [0.2, 0.25) is 0 Å².